The molecule has 1 aliphatic heterocycles. The minimum Gasteiger partial charge on any atom is -0.465 e. The van der Waals surface area contributed by atoms with Crippen LogP contribution in [0.5, 0.6) is 0 Å². The third-order valence-electron chi connectivity index (χ3n) is 7.21. The summed E-state index contributed by atoms with van der Waals surface area (Å²) in [6.45, 7) is 5.27. The number of carbonyl (C=O) groups excluding carboxylic acids is 1. The van der Waals surface area contributed by atoms with Gasteiger partial charge in [-0.3, -0.25) is 14.8 Å². The van der Waals surface area contributed by atoms with E-state index in [2.05, 4.69) is 20.5 Å². The maximum absolute atomic E-state index is 15.5. The Morgan fingerprint density at radius 2 is 1.87 bits per heavy atom. The Hall–Kier alpha value is -3.98. The number of piperazine rings is 1. The second kappa shape index (κ2) is 12.0. The van der Waals surface area contributed by atoms with Crippen molar-refractivity contribution in [1.82, 2.24) is 14.8 Å². The first-order valence-corrected chi connectivity index (χ1v) is 12.9. The van der Waals surface area contributed by atoms with Gasteiger partial charge in [-0.15, -0.1) is 0 Å². The molecular formula is C29H34FN5O3. The van der Waals surface area contributed by atoms with Crippen molar-refractivity contribution >= 4 is 23.5 Å². The molecule has 8 nitrogen and oxygen atoms in total. The molecule has 0 saturated carbocycles. The standard InChI is InChI=1S/C29H34FN5O3/c1-3-24-19-34(20-29(4-2,35(24)28(37)38)16-21-10-6-5-7-11-21)18-22-12-8-14-25(26(22)30)33-27(36)32-23-13-9-15-31-17-23/h5-15,17,24H,3-4,16,18-20H2,1-2H3,(H,37,38)(H2,32,33,36)/t24-,29+/m1/s1. The van der Waals surface area contributed by atoms with Crippen molar-refractivity contribution in [2.45, 2.75) is 51.2 Å². The number of carbonyl (C=O) groups is 2. The highest BCUT2D eigenvalue weighted by atomic mass is 19.1. The molecule has 2 atom stereocenters. The van der Waals surface area contributed by atoms with Crippen LogP contribution >= 0.6 is 0 Å². The Morgan fingerprint density at radius 1 is 1.08 bits per heavy atom. The topological polar surface area (TPSA) is 97.8 Å². The van der Waals surface area contributed by atoms with Gasteiger partial charge < -0.3 is 15.7 Å². The Labute approximate surface area is 222 Å². The molecule has 9 heteroatoms. The van der Waals surface area contributed by atoms with E-state index in [9.17, 15) is 14.7 Å². The Kier molecular flexibility index (Phi) is 8.58. The quantitative estimate of drug-likeness (QED) is 0.348. The number of nitrogens with zero attached hydrogens (tertiary/aromatic N) is 3. The molecule has 2 heterocycles. The number of pyridine rings is 1. The number of rotatable bonds is 8. The third-order valence-corrected chi connectivity index (χ3v) is 7.21. The number of amides is 3. The van der Waals surface area contributed by atoms with E-state index in [4.69, 9.17) is 0 Å². The van der Waals surface area contributed by atoms with Crippen LogP contribution in [0.3, 0.4) is 0 Å². The van der Waals surface area contributed by atoms with Gasteiger partial charge >= 0.3 is 12.1 Å². The summed E-state index contributed by atoms with van der Waals surface area (Å²) in [4.78, 5) is 32.6. The average Bonchev–Trinajstić information content (AvgIpc) is 2.91. The van der Waals surface area contributed by atoms with Crippen molar-refractivity contribution in [2.24, 2.45) is 0 Å². The van der Waals surface area contributed by atoms with Crippen molar-refractivity contribution in [3.8, 4) is 0 Å². The molecule has 200 valence electrons. The number of carboxylic acid groups (broad SMARTS) is 1. The van der Waals surface area contributed by atoms with Crippen LogP contribution in [0.1, 0.15) is 37.8 Å². The van der Waals surface area contributed by atoms with Crippen LogP contribution in [-0.2, 0) is 13.0 Å². The number of urea groups is 1. The summed E-state index contributed by atoms with van der Waals surface area (Å²) in [6.07, 6.45) is 4.02. The monoisotopic (exact) mass is 519 g/mol. The van der Waals surface area contributed by atoms with Crippen molar-refractivity contribution in [2.75, 3.05) is 23.7 Å². The minimum atomic E-state index is -0.925. The normalized spacial score (nSPS) is 19.7. The van der Waals surface area contributed by atoms with Crippen LogP contribution in [-0.4, -0.2) is 56.7 Å². The van der Waals surface area contributed by atoms with Crippen LogP contribution in [0, 0.1) is 5.82 Å². The highest BCUT2D eigenvalue weighted by molar-refractivity contribution is 5.99. The second-order valence-corrected chi connectivity index (χ2v) is 9.72. The lowest BCUT2D eigenvalue weighted by atomic mass is 9.82. The van der Waals surface area contributed by atoms with Gasteiger partial charge in [0.05, 0.1) is 23.1 Å². The zero-order valence-corrected chi connectivity index (χ0v) is 21.7. The lowest BCUT2D eigenvalue weighted by Gasteiger charge is -2.53. The van der Waals surface area contributed by atoms with E-state index in [0.29, 0.717) is 50.1 Å². The molecule has 1 aromatic heterocycles. The van der Waals surface area contributed by atoms with Crippen LogP contribution < -0.4 is 10.6 Å². The molecule has 4 rings (SSSR count). The van der Waals surface area contributed by atoms with Crippen LogP contribution in [0.2, 0.25) is 0 Å². The fourth-order valence-electron chi connectivity index (χ4n) is 5.40. The van der Waals surface area contributed by atoms with Gasteiger partial charge in [0.15, 0.2) is 5.82 Å². The Morgan fingerprint density at radius 3 is 2.53 bits per heavy atom. The SMILES string of the molecule is CC[C@@H]1CN(Cc2cccc(NC(=O)Nc3cccnc3)c2F)C[C@](CC)(Cc2ccccc2)N1C(=O)O. The number of benzene rings is 2. The highest BCUT2D eigenvalue weighted by Crippen LogP contribution is 2.35. The third kappa shape index (κ3) is 6.11. The number of hydrogen-bond donors (Lipinski definition) is 3. The van der Waals surface area contributed by atoms with E-state index < -0.39 is 23.5 Å². The number of halogens is 1. The fourth-order valence-corrected chi connectivity index (χ4v) is 5.40. The molecule has 0 radical (unpaired) electrons. The summed E-state index contributed by atoms with van der Waals surface area (Å²) >= 11 is 0. The Balaban J connectivity index is 1.55. The molecule has 0 bridgehead atoms. The number of aromatic nitrogens is 1. The molecule has 3 amide bonds. The molecule has 0 unspecified atom stereocenters. The summed E-state index contributed by atoms with van der Waals surface area (Å²) < 4.78 is 15.5. The Bertz CT molecular complexity index is 1240. The molecule has 1 aliphatic rings. The van der Waals surface area contributed by atoms with Gasteiger partial charge in [-0.1, -0.05) is 56.3 Å². The summed E-state index contributed by atoms with van der Waals surface area (Å²) in [5, 5.41) is 15.4. The summed E-state index contributed by atoms with van der Waals surface area (Å²) in [7, 11) is 0. The maximum Gasteiger partial charge on any atom is 0.408 e. The predicted molar refractivity (Wildman–Crippen MR) is 146 cm³/mol. The van der Waals surface area contributed by atoms with E-state index in [1.807, 2.05) is 44.2 Å². The number of hydrogen-bond acceptors (Lipinski definition) is 4. The van der Waals surface area contributed by atoms with E-state index in [1.54, 1.807) is 35.4 Å². The maximum atomic E-state index is 15.5. The van der Waals surface area contributed by atoms with Crippen molar-refractivity contribution in [3.05, 3.63) is 90.0 Å². The van der Waals surface area contributed by atoms with Gasteiger partial charge in [0.2, 0.25) is 0 Å². The lowest BCUT2D eigenvalue weighted by molar-refractivity contribution is -0.0366. The molecule has 1 saturated heterocycles. The predicted octanol–water partition coefficient (Wildman–Crippen LogP) is 5.83. The molecule has 1 fully saturated rings. The van der Waals surface area contributed by atoms with Gasteiger partial charge in [0, 0.05) is 37.4 Å². The summed E-state index contributed by atoms with van der Waals surface area (Å²) in [5.41, 5.74) is 1.42. The largest absolute Gasteiger partial charge is 0.465 e. The smallest absolute Gasteiger partial charge is 0.408 e. The molecule has 0 spiro atoms. The molecule has 2 aromatic carbocycles. The molecular weight excluding hydrogens is 485 g/mol. The molecule has 38 heavy (non-hydrogen) atoms. The van der Waals surface area contributed by atoms with Crippen LogP contribution in [0.15, 0.2) is 73.1 Å². The van der Waals surface area contributed by atoms with Gasteiger partial charge in [-0.05, 0) is 43.0 Å². The van der Waals surface area contributed by atoms with Gasteiger partial charge in [-0.25, -0.2) is 14.0 Å². The van der Waals surface area contributed by atoms with E-state index >= 15 is 4.39 Å². The van der Waals surface area contributed by atoms with Crippen molar-refractivity contribution in [1.29, 1.82) is 0 Å². The van der Waals surface area contributed by atoms with Gasteiger partial charge in [0.25, 0.3) is 0 Å². The fraction of sp³-hybridized carbons (Fsp3) is 0.345. The summed E-state index contributed by atoms with van der Waals surface area (Å²) in [6, 6.07) is 17.4. The van der Waals surface area contributed by atoms with E-state index in [-0.39, 0.29) is 11.7 Å². The van der Waals surface area contributed by atoms with Gasteiger partial charge in [0.1, 0.15) is 0 Å². The lowest BCUT2D eigenvalue weighted by Crippen LogP contribution is -2.68. The second-order valence-electron chi connectivity index (χ2n) is 9.72. The van der Waals surface area contributed by atoms with E-state index in [1.165, 1.54) is 12.3 Å². The first-order chi connectivity index (χ1) is 18.3. The molecule has 0 aliphatic carbocycles. The zero-order chi connectivity index (χ0) is 27.1. The van der Waals surface area contributed by atoms with Gasteiger partial charge in [-0.2, -0.15) is 0 Å². The van der Waals surface area contributed by atoms with Crippen LogP contribution in [0.4, 0.5) is 25.4 Å². The number of anilines is 2. The summed E-state index contributed by atoms with van der Waals surface area (Å²) in [5.74, 6) is -0.507. The van der Waals surface area contributed by atoms with E-state index in [0.717, 1.165) is 5.56 Å². The first-order valence-electron chi connectivity index (χ1n) is 12.9. The van der Waals surface area contributed by atoms with Crippen molar-refractivity contribution < 1.29 is 19.1 Å². The zero-order valence-electron chi connectivity index (χ0n) is 21.7. The van der Waals surface area contributed by atoms with Crippen molar-refractivity contribution in [3.63, 3.8) is 0 Å². The molecule has 3 aromatic rings. The minimum absolute atomic E-state index is 0.0751. The molecule has 3 N–H and O–H groups in total. The highest BCUT2D eigenvalue weighted by Gasteiger charge is 2.47. The first kappa shape index (κ1) is 27.1. The number of nitrogens with one attached hydrogen (secondary N) is 2. The van der Waals surface area contributed by atoms with Crippen LogP contribution in [0.25, 0.3) is 0 Å². The average molecular weight is 520 g/mol.